The van der Waals surface area contributed by atoms with Gasteiger partial charge in [0.2, 0.25) is 10.0 Å². The maximum Gasteiger partial charge on any atom is 0.264 e. The molecule has 2 bridgehead atoms. The van der Waals surface area contributed by atoms with Gasteiger partial charge in [-0.25, -0.2) is 23.1 Å². The molecule has 4 aromatic rings. The van der Waals surface area contributed by atoms with Gasteiger partial charge in [-0.2, -0.15) is 0 Å². The fraction of sp³-hybridized carbons (Fsp3) is 0.471. The first-order chi connectivity index (χ1) is 23.0. The van der Waals surface area contributed by atoms with Gasteiger partial charge >= 0.3 is 0 Å². The molecular weight excluding hydrogens is 675 g/mol. The lowest BCUT2D eigenvalue weighted by Gasteiger charge is -2.40. The molecule has 2 atom stereocenters. The fourth-order valence-corrected chi connectivity index (χ4v) is 9.06. The van der Waals surface area contributed by atoms with Gasteiger partial charge in [0.1, 0.15) is 11.5 Å². The van der Waals surface area contributed by atoms with Gasteiger partial charge in [0.05, 0.1) is 32.9 Å². The Morgan fingerprint density at radius 2 is 1.75 bits per heavy atom. The largest absolute Gasteiger partial charge is 0.478 e. The van der Waals surface area contributed by atoms with Crippen LogP contribution in [0.15, 0.2) is 40.9 Å². The number of hydrogen-bond donors (Lipinski definition) is 2. The Morgan fingerprint density at radius 3 is 2.40 bits per heavy atom. The van der Waals surface area contributed by atoms with Crippen molar-refractivity contribution in [1.82, 2.24) is 25.2 Å². The summed E-state index contributed by atoms with van der Waals surface area (Å²) in [7, 11) is -2.20. The second-order valence-electron chi connectivity index (χ2n) is 13.7. The minimum atomic E-state index is -3.76. The quantitative estimate of drug-likeness (QED) is 0.191. The van der Waals surface area contributed by atoms with Crippen molar-refractivity contribution in [2.75, 3.05) is 12.0 Å². The minimum Gasteiger partial charge on any atom is -0.478 e. The highest BCUT2D eigenvalue weighted by atomic mass is 35.5. The normalized spacial score (nSPS) is 23.0. The van der Waals surface area contributed by atoms with Gasteiger partial charge in [-0.05, 0) is 88.6 Å². The Labute approximate surface area is 288 Å². The van der Waals surface area contributed by atoms with E-state index in [1.165, 1.54) is 0 Å². The van der Waals surface area contributed by atoms with E-state index in [-0.39, 0.29) is 23.7 Å². The number of piperidine rings is 1. The van der Waals surface area contributed by atoms with Crippen molar-refractivity contribution in [1.29, 1.82) is 0 Å². The number of methoxy groups -OCH3 is 1. The van der Waals surface area contributed by atoms with Gasteiger partial charge in [-0.3, -0.25) is 4.79 Å². The average molecular weight is 712 g/mol. The highest BCUT2D eigenvalue weighted by Crippen LogP contribution is 2.47. The van der Waals surface area contributed by atoms with Gasteiger partial charge in [-0.15, -0.1) is 0 Å². The molecule has 4 heterocycles. The molecule has 1 amide bonds. The first-order valence-corrected chi connectivity index (χ1v) is 18.7. The molecule has 48 heavy (non-hydrogen) atoms. The summed E-state index contributed by atoms with van der Waals surface area (Å²) in [5.74, 6) is 1.68. The fourth-order valence-electron chi connectivity index (χ4n) is 7.24. The Kier molecular flexibility index (Phi) is 7.85. The Balaban J connectivity index is 1.00. The van der Waals surface area contributed by atoms with Crippen molar-refractivity contribution in [3.8, 4) is 17.1 Å². The highest BCUT2D eigenvalue weighted by Gasteiger charge is 2.51. The van der Waals surface area contributed by atoms with Crippen LogP contribution < -0.4 is 19.7 Å². The van der Waals surface area contributed by atoms with Crippen molar-refractivity contribution < 1.29 is 22.5 Å². The van der Waals surface area contributed by atoms with Crippen LogP contribution in [-0.2, 0) is 16.6 Å². The van der Waals surface area contributed by atoms with E-state index in [0.717, 1.165) is 49.8 Å². The topological polar surface area (TPSA) is 140 Å². The van der Waals surface area contributed by atoms with Gasteiger partial charge in [-0.1, -0.05) is 34.4 Å². The zero-order valence-corrected chi connectivity index (χ0v) is 29.0. The molecule has 2 aliphatic carbocycles. The summed E-state index contributed by atoms with van der Waals surface area (Å²) < 4.78 is 38.2. The van der Waals surface area contributed by atoms with E-state index >= 15 is 0 Å². The summed E-state index contributed by atoms with van der Waals surface area (Å²) in [6, 6.07) is 11.1. The number of fused-ring (bicyclic) bond motifs is 3. The molecule has 4 aliphatic rings. The number of carbonyl (C=O) groups is 1. The minimum absolute atomic E-state index is 0.198. The first kappa shape index (κ1) is 31.8. The van der Waals surface area contributed by atoms with E-state index in [1.54, 1.807) is 32.2 Å². The van der Waals surface area contributed by atoms with Crippen LogP contribution in [0.2, 0.25) is 10.0 Å². The van der Waals surface area contributed by atoms with Crippen LogP contribution in [0, 0.1) is 0 Å². The average Bonchev–Trinajstić information content (AvgIpc) is 3.99. The summed E-state index contributed by atoms with van der Waals surface area (Å²) in [5.41, 5.74) is 3.69. The van der Waals surface area contributed by atoms with E-state index in [2.05, 4.69) is 20.1 Å². The summed E-state index contributed by atoms with van der Waals surface area (Å²) in [6.07, 6.45) is 7.14. The third-order valence-corrected chi connectivity index (χ3v) is 13.2. The summed E-state index contributed by atoms with van der Waals surface area (Å²) in [4.78, 5) is 24.9. The Morgan fingerprint density at radius 1 is 1.04 bits per heavy atom. The summed E-state index contributed by atoms with van der Waals surface area (Å²) >= 11 is 13.2. The number of nitrogens with one attached hydrogen (secondary N) is 2. The number of rotatable bonds is 10. The summed E-state index contributed by atoms with van der Waals surface area (Å²) in [6.45, 7) is 2.25. The third-order valence-electron chi connectivity index (χ3n) is 10.4. The molecule has 4 fully saturated rings. The zero-order valence-electron chi connectivity index (χ0n) is 26.6. The predicted octanol–water partition coefficient (Wildman–Crippen LogP) is 6.38. The molecule has 0 radical (unpaired) electrons. The molecule has 2 saturated heterocycles. The standard InChI is InChI=1S/C34H36Cl2N6O5S/c1-34(12-13-34)48(44,45)41-32(43)19-8-11-26-27(14-19)39-33(46-2)31(38-26)42-21-9-10-22(42)16-20(15-21)37-17-23-29(40-47-30(23)18-6-7-18)28-24(35)4-3-5-25(28)36/h3-5,8,11,14,18,20-22,37H,6-7,9-10,12-13,15-17H2,1-2H3,(H,41,43). The van der Waals surface area contributed by atoms with Gasteiger partial charge < -0.3 is 19.5 Å². The molecule has 0 spiro atoms. The number of carbonyl (C=O) groups excluding carboxylic acids is 1. The molecule has 2 aromatic carbocycles. The molecule has 8 rings (SSSR count). The van der Waals surface area contributed by atoms with Crippen LogP contribution in [0.3, 0.4) is 0 Å². The lowest BCUT2D eigenvalue weighted by molar-refractivity contribution is 0.0981. The van der Waals surface area contributed by atoms with Crippen molar-refractivity contribution in [3.63, 3.8) is 0 Å². The van der Waals surface area contributed by atoms with Crippen molar-refractivity contribution >= 4 is 56.0 Å². The smallest absolute Gasteiger partial charge is 0.264 e. The molecule has 11 nitrogen and oxygen atoms in total. The van der Waals surface area contributed by atoms with Crippen LogP contribution in [0.1, 0.15) is 85.9 Å². The van der Waals surface area contributed by atoms with E-state index in [9.17, 15) is 13.2 Å². The van der Waals surface area contributed by atoms with E-state index < -0.39 is 20.7 Å². The van der Waals surface area contributed by atoms with Gasteiger partial charge in [0.15, 0.2) is 5.82 Å². The molecule has 2 saturated carbocycles. The van der Waals surface area contributed by atoms with Crippen LogP contribution in [0.25, 0.3) is 22.3 Å². The number of halogens is 2. The van der Waals surface area contributed by atoms with Crippen molar-refractivity contribution in [3.05, 3.63) is 63.3 Å². The predicted molar refractivity (Wildman–Crippen MR) is 183 cm³/mol. The second-order valence-corrected chi connectivity index (χ2v) is 16.7. The van der Waals surface area contributed by atoms with E-state index in [0.29, 0.717) is 69.3 Å². The number of anilines is 1. The number of nitrogens with zero attached hydrogens (tertiary/aromatic N) is 4. The van der Waals surface area contributed by atoms with Crippen LogP contribution in [0.5, 0.6) is 5.88 Å². The summed E-state index contributed by atoms with van der Waals surface area (Å²) in [5, 5.41) is 9.35. The molecular formula is C34H36Cl2N6O5S. The number of hydrogen-bond acceptors (Lipinski definition) is 10. The maximum absolute atomic E-state index is 12.9. The van der Waals surface area contributed by atoms with Gasteiger partial charge in [0.25, 0.3) is 11.8 Å². The number of aromatic nitrogens is 3. The first-order valence-electron chi connectivity index (χ1n) is 16.4. The Bertz CT molecular complexity index is 2010. The zero-order chi connectivity index (χ0) is 33.4. The monoisotopic (exact) mass is 710 g/mol. The van der Waals surface area contributed by atoms with Crippen molar-refractivity contribution in [2.24, 2.45) is 0 Å². The lowest BCUT2D eigenvalue weighted by Crippen LogP contribution is -2.49. The highest BCUT2D eigenvalue weighted by molar-refractivity contribution is 7.91. The SMILES string of the molecule is COc1nc2cc(C(=O)NS(=O)(=O)C3(C)CC3)ccc2nc1N1C2CCC1CC(NCc1c(-c3c(Cl)cccc3Cl)noc1C1CC1)C2. The van der Waals surface area contributed by atoms with E-state index in [1.807, 2.05) is 18.2 Å². The van der Waals surface area contributed by atoms with Gasteiger partial charge in [0, 0.05) is 47.3 Å². The molecule has 252 valence electrons. The number of amides is 1. The molecule has 14 heteroatoms. The third kappa shape index (κ3) is 5.60. The number of benzene rings is 2. The number of sulfonamides is 1. The van der Waals surface area contributed by atoms with Crippen LogP contribution in [-0.4, -0.2) is 59.4 Å². The maximum atomic E-state index is 12.9. The molecule has 2 aromatic heterocycles. The Hall–Kier alpha value is -3.45. The lowest BCUT2D eigenvalue weighted by atomic mass is 9.96. The van der Waals surface area contributed by atoms with E-state index in [4.69, 9.17) is 42.4 Å². The molecule has 2 aliphatic heterocycles. The van der Waals surface area contributed by atoms with Crippen LogP contribution in [0.4, 0.5) is 5.82 Å². The van der Waals surface area contributed by atoms with Crippen molar-refractivity contribution in [2.45, 2.75) is 93.6 Å². The molecule has 2 unspecified atom stereocenters. The molecule has 2 N–H and O–H groups in total. The second kappa shape index (κ2) is 11.9. The number of ether oxygens (including phenoxy) is 1. The van der Waals surface area contributed by atoms with Crippen LogP contribution >= 0.6 is 23.2 Å².